The molecule has 2 amide bonds. The summed E-state index contributed by atoms with van der Waals surface area (Å²) in [5.74, 6) is 1.86. The Bertz CT molecular complexity index is 1190. The highest BCUT2D eigenvalue weighted by Gasteiger charge is 2.48. The Hall–Kier alpha value is -2.64. The minimum absolute atomic E-state index is 0.0110. The van der Waals surface area contributed by atoms with Crippen LogP contribution in [0.2, 0.25) is 5.15 Å². The lowest BCUT2D eigenvalue weighted by Gasteiger charge is -2.43. The van der Waals surface area contributed by atoms with E-state index < -0.39 is 5.60 Å². The topological polar surface area (TPSA) is 77.0 Å². The summed E-state index contributed by atoms with van der Waals surface area (Å²) in [6.45, 7) is 3.31. The molecule has 7 nitrogen and oxygen atoms in total. The van der Waals surface area contributed by atoms with E-state index in [1.54, 1.807) is 20.2 Å². The van der Waals surface area contributed by atoms with Crippen LogP contribution in [0.4, 0.5) is 5.82 Å². The number of aromatic nitrogens is 1. The molecule has 1 aliphatic carbocycles. The molecule has 1 aromatic heterocycles. The van der Waals surface area contributed by atoms with Gasteiger partial charge in [0.2, 0.25) is 0 Å². The summed E-state index contributed by atoms with van der Waals surface area (Å²) in [5, 5.41) is 12.3. The zero-order valence-corrected chi connectivity index (χ0v) is 25.4. The summed E-state index contributed by atoms with van der Waals surface area (Å²) in [6.07, 6.45) is 10.6. The van der Waals surface area contributed by atoms with E-state index in [0.717, 1.165) is 88.9 Å². The quantitative estimate of drug-likeness (QED) is 0.422. The van der Waals surface area contributed by atoms with Crippen molar-refractivity contribution in [2.45, 2.75) is 69.8 Å². The maximum atomic E-state index is 13.9. The zero-order chi connectivity index (χ0) is 29.0. The van der Waals surface area contributed by atoms with Gasteiger partial charge < -0.3 is 19.8 Å². The summed E-state index contributed by atoms with van der Waals surface area (Å²) in [5.41, 5.74) is -0.238. The molecular weight excluding hydrogens is 536 g/mol. The molecule has 2 aliphatic heterocycles. The van der Waals surface area contributed by atoms with Crippen molar-refractivity contribution in [1.82, 2.24) is 14.8 Å². The van der Waals surface area contributed by atoms with Crippen LogP contribution in [-0.4, -0.2) is 72.0 Å². The Labute approximate surface area is 249 Å². The van der Waals surface area contributed by atoms with E-state index in [1.165, 1.54) is 17.7 Å². The van der Waals surface area contributed by atoms with Gasteiger partial charge in [-0.25, -0.2) is 4.98 Å². The van der Waals surface area contributed by atoms with Gasteiger partial charge in [-0.1, -0.05) is 61.2 Å². The summed E-state index contributed by atoms with van der Waals surface area (Å²) in [4.78, 5) is 36.5. The van der Waals surface area contributed by atoms with Gasteiger partial charge in [-0.05, 0) is 74.5 Å². The van der Waals surface area contributed by atoms with Gasteiger partial charge in [0.15, 0.2) is 5.60 Å². The molecule has 3 heterocycles. The van der Waals surface area contributed by atoms with Crippen LogP contribution in [0.5, 0.6) is 0 Å². The number of halogens is 1. The maximum Gasteiger partial charge on any atom is 0.259 e. The van der Waals surface area contributed by atoms with E-state index >= 15 is 0 Å². The van der Waals surface area contributed by atoms with Crippen LogP contribution in [0.15, 0.2) is 42.5 Å². The molecule has 2 saturated heterocycles. The number of amides is 2. The number of anilines is 1. The number of benzene rings is 1. The van der Waals surface area contributed by atoms with Gasteiger partial charge >= 0.3 is 0 Å². The molecule has 0 radical (unpaired) electrons. The van der Waals surface area contributed by atoms with Crippen molar-refractivity contribution in [1.29, 1.82) is 0 Å². The lowest BCUT2D eigenvalue weighted by molar-refractivity contribution is -0.162. The number of aliphatic hydroxyl groups is 1. The van der Waals surface area contributed by atoms with Gasteiger partial charge in [0.1, 0.15) is 11.0 Å². The maximum absolute atomic E-state index is 13.9. The first-order valence-corrected chi connectivity index (χ1v) is 15.9. The number of carbonyl (C=O) groups is 2. The average molecular weight is 581 g/mol. The molecule has 8 heteroatoms. The normalized spacial score (nSPS) is 21.0. The first-order valence-electron chi connectivity index (χ1n) is 15.5. The molecule has 1 N–H and O–H groups in total. The summed E-state index contributed by atoms with van der Waals surface area (Å²) >= 11 is 6.36. The molecule has 3 fully saturated rings. The van der Waals surface area contributed by atoms with E-state index in [4.69, 9.17) is 11.6 Å². The highest BCUT2D eigenvalue weighted by molar-refractivity contribution is 6.32. The minimum atomic E-state index is -1.42. The highest BCUT2D eigenvalue weighted by atomic mass is 35.5. The number of hydrogen-bond acceptors (Lipinski definition) is 5. The highest BCUT2D eigenvalue weighted by Crippen LogP contribution is 2.42. The Morgan fingerprint density at radius 3 is 2.10 bits per heavy atom. The minimum Gasteiger partial charge on any atom is -0.375 e. The SMILES string of the molecule is CN(C)C(=O)c1ccc(N2CCC(CC3CCN(C(=O)C(O)(c4ccccc4)C4CCCCC4)CC3)CC2)nc1Cl. The fourth-order valence-corrected chi connectivity index (χ4v) is 7.46. The second-order valence-electron chi connectivity index (χ2n) is 12.6. The number of likely N-dealkylation sites (tertiary alicyclic amines) is 1. The fraction of sp³-hybridized carbons (Fsp3) is 0.606. The van der Waals surface area contributed by atoms with Crippen molar-refractivity contribution in [3.63, 3.8) is 0 Å². The zero-order valence-electron chi connectivity index (χ0n) is 24.6. The van der Waals surface area contributed by atoms with Crippen LogP contribution in [0.3, 0.4) is 0 Å². The summed E-state index contributed by atoms with van der Waals surface area (Å²) in [6, 6.07) is 13.3. The standard InChI is InChI=1S/C33H45ClN4O3/c1-36(2)31(39)28-13-14-29(35-30(28)34)37-19-15-24(16-20-37)23-25-17-21-38(22-18-25)32(40)33(41,26-9-5-3-6-10-26)27-11-7-4-8-12-27/h3,5-6,9-10,13-14,24-25,27,41H,4,7-8,11-12,15-23H2,1-2H3. The van der Waals surface area contributed by atoms with E-state index in [0.29, 0.717) is 17.4 Å². The van der Waals surface area contributed by atoms with Crippen molar-refractivity contribution in [3.05, 3.63) is 58.7 Å². The van der Waals surface area contributed by atoms with Crippen LogP contribution < -0.4 is 4.90 Å². The number of pyridine rings is 1. The van der Waals surface area contributed by atoms with E-state index in [2.05, 4.69) is 9.88 Å². The molecule has 1 aromatic carbocycles. The molecule has 1 saturated carbocycles. The van der Waals surface area contributed by atoms with Crippen molar-refractivity contribution >= 4 is 29.2 Å². The van der Waals surface area contributed by atoms with Gasteiger partial charge in [0.25, 0.3) is 11.8 Å². The van der Waals surface area contributed by atoms with Gasteiger partial charge in [-0.3, -0.25) is 9.59 Å². The van der Waals surface area contributed by atoms with Crippen LogP contribution in [-0.2, 0) is 10.4 Å². The van der Waals surface area contributed by atoms with Crippen molar-refractivity contribution in [2.75, 3.05) is 45.2 Å². The third-order valence-electron chi connectivity index (χ3n) is 9.71. The fourth-order valence-electron chi connectivity index (χ4n) is 7.23. The third-order valence-corrected chi connectivity index (χ3v) is 10.0. The van der Waals surface area contributed by atoms with Gasteiger partial charge in [0.05, 0.1) is 5.56 Å². The predicted octanol–water partition coefficient (Wildman–Crippen LogP) is 5.75. The summed E-state index contributed by atoms with van der Waals surface area (Å²) < 4.78 is 0. The molecule has 1 atom stereocenters. The van der Waals surface area contributed by atoms with E-state index in [1.807, 2.05) is 41.3 Å². The van der Waals surface area contributed by atoms with Gasteiger partial charge in [0, 0.05) is 46.2 Å². The van der Waals surface area contributed by atoms with Crippen LogP contribution in [0.25, 0.3) is 0 Å². The second kappa shape index (κ2) is 13.1. The van der Waals surface area contributed by atoms with Gasteiger partial charge in [-0.15, -0.1) is 0 Å². The largest absolute Gasteiger partial charge is 0.375 e. The third kappa shape index (κ3) is 6.56. The Balaban J connectivity index is 1.13. The van der Waals surface area contributed by atoms with Crippen LogP contribution in [0, 0.1) is 17.8 Å². The monoisotopic (exact) mass is 580 g/mol. The average Bonchev–Trinajstić information content (AvgIpc) is 3.01. The number of rotatable bonds is 7. The van der Waals surface area contributed by atoms with Crippen LogP contribution in [0.1, 0.15) is 80.1 Å². The molecule has 3 aliphatic rings. The number of hydrogen-bond donors (Lipinski definition) is 1. The second-order valence-corrected chi connectivity index (χ2v) is 12.9. The predicted molar refractivity (Wildman–Crippen MR) is 163 cm³/mol. The van der Waals surface area contributed by atoms with Gasteiger partial charge in [-0.2, -0.15) is 0 Å². The molecule has 5 rings (SSSR count). The first-order chi connectivity index (χ1) is 19.8. The van der Waals surface area contributed by atoms with Crippen molar-refractivity contribution in [2.24, 2.45) is 17.8 Å². The Morgan fingerprint density at radius 2 is 1.51 bits per heavy atom. The molecule has 0 spiro atoms. The number of carbonyl (C=O) groups excluding carboxylic acids is 2. The van der Waals surface area contributed by atoms with E-state index in [9.17, 15) is 14.7 Å². The first kappa shape index (κ1) is 29.8. The molecule has 41 heavy (non-hydrogen) atoms. The smallest absolute Gasteiger partial charge is 0.259 e. The molecule has 0 bridgehead atoms. The lowest BCUT2D eigenvalue weighted by atomic mass is 9.72. The number of nitrogens with zero attached hydrogens (tertiary/aromatic N) is 4. The Morgan fingerprint density at radius 1 is 0.902 bits per heavy atom. The van der Waals surface area contributed by atoms with Crippen LogP contribution >= 0.6 is 11.6 Å². The molecule has 222 valence electrons. The molecular formula is C33H45ClN4O3. The number of piperidine rings is 2. The molecule has 1 unspecified atom stereocenters. The van der Waals surface area contributed by atoms with Crippen molar-refractivity contribution < 1.29 is 14.7 Å². The van der Waals surface area contributed by atoms with E-state index in [-0.39, 0.29) is 22.9 Å². The van der Waals surface area contributed by atoms with Crippen molar-refractivity contribution in [3.8, 4) is 0 Å². The Kier molecular flexibility index (Phi) is 9.55. The lowest BCUT2D eigenvalue weighted by Crippen LogP contribution is -2.53. The summed E-state index contributed by atoms with van der Waals surface area (Å²) in [7, 11) is 3.42. The molecule has 2 aromatic rings.